The van der Waals surface area contributed by atoms with Crippen LogP contribution in [0.25, 0.3) is 0 Å². The quantitative estimate of drug-likeness (QED) is 0.0993. The van der Waals surface area contributed by atoms with Crippen LogP contribution in [0.1, 0.15) is 57.6 Å². The molecule has 0 aliphatic heterocycles. The normalized spacial score (nSPS) is 13.1. The van der Waals surface area contributed by atoms with Gasteiger partial charge in [0.1, 0.15) is 5.75 Å². The molecule has 5 aromatic carbocycles. The second-order valence-corrected chi connectivity index (χ2v) is 14.5. The molecule has 0 saturated heterocycles. The number of hydrogen-bond acceptors (Lipinski definition) is 5. The first-order valence-electron chi connectivity index (χ1n) is 18.5. The van der Waals surface area contributed by atoms with Gasteiger partial charge in [0, 0.05) is 24.0 Å². The molecule has 6 nitrogen and oxygen atoms in total. The number of nitrogens with one attached hydrogen (secondary N) is 4. The van der Waals surface area contributed by atoms with Gasteiger partial charge in [-0.05, 0) is 110 Å². The Hall–Kier alpha value is -6.49. The first-order valence-corrected chi connectivity index (χ1v) is 18.5. The van der Waals surface area contributed by atoms with Crippen molar-refractivity contribution in [1.29, 1.82) is 0 Å². The molecule has 0 fully saturated rings. The maximum Gasteiger partial charge on any atom is 0.416 e. The second kappa shape index (κ2) is 17.7. The molecule has 0 heterocycles. The van der Waals surface area contributed by atoms with Gasteiger partial charge in [-0.2, -0.15) is 79.0 Å². The monoisotopic (exact) mass is 964 g/mol. The molecule has 0 saturated carbocycles. The molecule has 0 atom stereocenters. The summed E-state index contributed by atoms with van der Waals surface area (Å²) in [5.74, 6) is -1.05. The molecule has 0 aliphatic rings. The molecule has 4 N–H and O–H groups in total. The van der Waals surface area contributed by atoms with Crippen LogP contribution < -0.4 is 26.0 Å². The van der Waals surface area contributed by atoms with E-state index in [4.69, 9.17) is 4.74 Å². The number of benzene rings is 5. The van der Waals surface area contributed by atoms with Crippen molar-refractivity contribution >= 4 is 40.0 Å². The summed E-state index contributed by atoms with van der Waals surface area (Å²) in [4.78, 5) is 13.5. The lowest BCUT2D eigenvalue weighted by molar-refractivity contribution is -0.288. The first-order chi connectivity index (χ1) is 30.1. The molecule has 0 bridgehead atoms. The molecular formula is C42H30F18N4O2. The number of hydrogen-bond donors (Lipinski definition) is 4. The van der Waals surface area contributed by atoms with Crippen molar-refractivity contribution in [1.82, 2.24) is 0 Å². The summed E-state index contributed by atoms with van der Waals surface area (Å²) in [5.41, 5.74) is -21.4. The van der Waals surface area contributed by atoms with E-state index < -0.39 is 116 Å². The topological polar surface area (TPSA) is 74.4 Å². The van der Waals surface area contributed by atoms with E-state index in [0.29, 0.717) is 12.1 Å². The number of carbonyl (C=O) groups excluding carboxylic acids is 1. The zero-order valence-electron chi connectivity index (χ0n) is 33.4. The van der Waals surface area contributed by atoms with E-state index in [1.165, 1.54) is 12.1 Å². The number of alkyl halides is 18. The largest absolute Gasteiger partial charge is 0.491 e. The molecule has 1 amide bonds. The van der Waals surface area contributed by atoms with Crippen LogP contribution in [-0.4, -0.2) is 31.4 Å². The second-order valence-electron chi connectivity index (χ2n) is 14.5. The molecule has 0 unspecified atom stereocenters. The lowest BCUT2D eigenvalue weighted by atomic mass is 9.72. The van der Waals surface area contributed by atoms with Crippen LogP contribution in [0.2, 0.25) is 0 Å². The van der Waals surface area contributed by atoms with Crippen molar-refractivity contribution < 1.29 is 88.6 Å². The van der Waals surface area contributed by atoms with Gasteiger partial charge in [0.25, 0.3) is 5.91 Å². The van der Waals surface area contributed by atoms with E-state index in [9.17, 15) is 57.5 Å². The van der Waals surface area contributed by atoms with Gasteiger partial charge in [0.2, 0.25) is 5.41 Å². The third kappa shape index (κ3) is 10.9. The lowest BCUT2D eigenvalue weighted by Gasteiger charge is -2.39. The Labute approximate surface area is 360 Å². The highest BCUT2D eigenvalue weighted by Gasteiger charge is 2.72. The lowest BCUT2D eigenvalue weighted by Crippen LogP contribution is -2.54. The van der Waals surface area contributed by atoms with Gasteiger partial charge in [-0.15, -0.1) is 0 Å². The Morgan fingerprint density at radius 3 is 1.15 bits per heavy atom. The third-order valence-electron chi connectivity index (χ3n) is 9.49. The number of anilines is 6. The van der Waals surface area contributed by atoms with E-state index >= 15 is 26.3 Å². The highest BCUT2D eigenvalue weighted by molar-refractivity contribution is 6.06. The number of carbonyl (C=O) groups is 1. The Balaban J connectivity index is 1.73. The average Bonchev–Trinajstić information content (AvgIpc) is 3.17. The van der Waals surface area contributed by atoms with Crippen LogP contribution in [0.5, 0.6) is 5.75 Å². The third-order valence-corrected chi connectivity index (χ3v) is 9.49. The van der Waals surface area contributed by atoms with Gasteiger partial charge in [0.05, 0.1) is 51.1 Å². The molecule has 0 aromatic heterocycles. The van der Waals surface area contributed by atoms with Crippen molar-refractivity contribution in [3.05, 3.63) is 136 Å². The molecule has 24 heteroatoms. The molecule has 5 rings (SSSR count). The fourth-order valence-corrected chi connectivity index (χ4v) is 6.58. The summed E-state index contributed by atoms with van der Waals surface area (Å²) in [6.07, 6.45) is -34.7. The summed E-state index contributed by atoms with van der Waals surface area (Å²) in [7, 11) is 0.938. The van der Waals surface area contributed by atoms with Crippen molar-refractivity contribution in [2.45, 2.75) is 62.4 Å². The van der Waals surface area contributed by atoms with E-state index in [1.54, 1.807) is 13.8 Å². The fraction of sp³-hybridized carbons (Fsp3) is 0.262. The summed E-state index contributed by atoms with van der Waals surface area (Å²) in [6, 6.07) is 6.53. The Morgan fingerprint density at radius 2 is 0.818 bits per heavy atom. The molecule has 0 spiro atoms. The van der Waals surface area contributed by atoms with E-state index in [0.717, 1.165) is 19.2 Å². The van der Waals surface area contributed by atoms with Crippen LogP contribution in [-0.2, 0) is 30.1 Å². The van der Waals surface area contributed by atoms with Crippen LogP contribution in [0, 0.1) is 0 Å². The van der Waals surface area contributed by atoms with Crippen LogP contribution in [0.15, 0.2) is 97.1 Å². The molecule has 5 aromatic rings. The van der Waals surface area contributed by atoms with Gasteiger partial charge in [0.15, 0.2) is 0 Å². The van der Waals surface area contributed by atoms with Crippen molar-refractivity contribution in [2.75, 3.05) is 28.3 Å². The predicted octanol–water partition coefficient (Wildman–Crippen LogP) is 14.7. The standard InChI is InChI=1S/C42H30F18N4O2/c1-20(2)66-30-8-4-21(5-9-30)35(65)64-34-19-23(7-11-32(34)63-29-16-26(39(49,50)51)13-27(17-29)40(52,53)54)36(41(55,56)57,42(58,59)60)22-6-10-31(33(18-22)61-3)62-28-14-24(37(43,44)45)12-25(15-28)38(46,47)48/h4-20,61-63H,1-3H3,(H,64,65). The number of halogens is 18. The molecule has 356 valence electrons. The maximum absolute atomic E-state index is 15.5. The number of ether oxygens (including phenoxy) is 1. The molecule has 66 heavy (non-hydrogen) atoms. The fourth-order valence-electron chi connectivity index (χ4n) is 6.58. The van der Waals surface area contributed by atoms with E-state index in [2.05, 4.69) is 16.0 Å². The van der Waals surface area contributed by atoms with E-state index in [1.807, 2.05) is 5.32 Å². The van der Waals surface area contributed by atoms with Crippen molar-refractivity contribution in [2.24, 2.45) is 0 Å². The summed E-state index contributed by atoms with van der Waals surface area (Å²) < 4.78 is 262. The zero-order chi connectivity index (χ0) is 49.6. The first kappa shape index (κ1) is 50.5. The minimum absolute atomic E-state index is 0.113. The van der Waals surface area contributed by atoms with E-state index in [-0.39, 0.29) is 78.1 Å². The van der Waals surface area contributed by atoms with Crippen LogP contribution in [0.4, 0.5) is 113 Å². The highest BCUT2D eigenvalue weighted by atomic mass is 19.4. The minimum atomic E-state index is -6.42. The number of amides is 1. The average molecular weight is 965 g/mol. The van der Waals surface area contributed by atoms with Gasteiger partial charge in [-0.1, -0.05) is 12.1 Å². The van der Waals surface area contributed by atoms with Gasteiger partial charge in [-0.3, -0.25) is 4.79 Å². The highest BCUT2D eigenvalue weighted by Crippen LogP contribution is 2.58. The van der Waals surface area contributed by atoms with Crippen LogP contribution in [0.3, 0.4) is 0 Å². The Morgan fingerprint density at radius 1 is 0.455 bits per heavy atom. The van der Waals surface area contributed by atoms with Crippen molar-refractivity contribution in [3.63, 3.8) is 0 Å². The summed E-state index contributed by atoms with van der Waals surface area (Å²) >= 11 is 0. The SMILES string of the molecule is CNc1cc(C(c2ccc(Nc3cc(C(F)(F)F)cc(C(F)(F)F)c3)c(NC(=O)c3ccc(OC(C)C)cc3)c2)(C(F)(F)F)C(F)(F)F)ccc1Nc1cc(C(F)(F)F)cc(C(F)(F)F)c1. The van der Waals surface area contributed by atoms with Gasteiger partial charge >= 0.3 is 37.1 Å². The Bertz CT molecular complexity index is 2480. The molecular weight excluding hydrogens is 934 g/mol. The molecule has 0 aliphatic carbocycles. The minimum Gasteiger partial charge on any atom is -0.491 e. The Kier molecular flexibility index (Phi) is 13.6. The smallest absolute Gasteiger partial charge is 0.416 e. The van der Waals surface area contributed by atoms with Crippen LogP contribution >= 0.6 is 0 Å². The summed E-state index contributed by atoms with van der Waals surface area (Å²) in [5, 5.41) is 8.51. The van der Waals surface area contributed by atoms with Gasteiger partial charge < -0.3 is 26.0 Å². The van der Waals surface area contributed by atoms with Crippen molar-refractivity contribution in [3.8, 4) is 5.75 Å². The number of rotatable bonds is 11. The predicted molar refractivity (Wildman–Crippen MR) is 205 cm³/mol. The zero-order valence-corrected chi connectivity index (χ0v) is 33.4. The molecule has 0 radical (unpaired) electrons. The van der Waals surface area contributed by atoms with Gasteiger partial charge in [-0.25, -0.2) is 0 Å². The maximum atomic E-state index is 15.5. The summed E-state index contributed by atoms with van der Waals surface area (Å²) in [6.45, 7) is 3.29.